The third kappa shape index (κ3) is 4.57. The van der Waals surface area contributed by atoms with Gasteiger partial charge in [-0.2, -0.15) is 10.4 Å². The van der Waals surface area contributed by atoms with Crippen LogP contribution >= 0.6 is 12.4 Å². The molecule has 144 valence electrons. The number of methoxy groups -OCH3 is 1. The van der Waals surface area contributed by atoms with E-state index in [0.717, 1.165) is 23.6 Å². The van der Waals surface area contributed by atoms with Crippen LogP contribution in [0.4, 0.5) is 11.6 Å². The molecule has 0 saturated heterocycles. The summed E-state index contributed by atoms with van der Waals surface area (Å²) >= 11 is 0. The van der Waals surface area contributed by atoms with Crippen LogP contribution in [0.2, 0.25) is 0 Å². The van der Waals surface area contributed by atoms with Crippen molar-refractivity contribution in [1.29, 1.82) is 5.26 Å². The van der Waals surface area contributed by atoms with Crippen LogP contribution in [0.25, 0.3) is 11.3 Å². The molecular weight excluding hydrogens is 378 g/mol. The van der Waals surface area contributed by atoms with E-state index in [4.69, 9.17) is 10.00 Å². The highest BCUT2D eigenvalue weighted by Crippen LogP contribution is 2.31. The molecule has 1 fully saturated rings. The molecular formula is C19H20ClN7O. The average Bonchev–Trinajstić information content (AvgIpc) is 3.44. The molecule has 3 aromatic rings. The molecule has 9 heteroatoms. The fourth-order valence-electron chi connectivity index (χ4n) is 2.72. The van der Waals surface area contributed by atoms with Gasteiger partial charge in [-0.15, -0.1) is 12.4 Å². The van der Waals surface area contributed by atoms with Gasteiger partial charge in [-0.3, -0.25) is 5.10 Å². The summed E-state index contributed by atoms with van der Waals surface area (Å²) in [5, 5.41) is 22.6. The van der Waals surface area contributed by atoms with E-state index in [-0.39, 0.29) is 18.1 Å². The number of rotatable bonds is 7. The monoisotopic (exact) mass is 397 g/mol. The molecule has 1 aromatic carbocycles. The molecule has 0 bridgehead atoms. The Balaban J connectivity index is 0.00000225. The number of ether oxygens (including phenoxy) is 1. The van der Waals surface area contributed by atoms with Gasteiger partial charge < -0.3 is 15.4 Å². The minimum absolute atomic E-state index is 0. The highest BCUT2D eigenvalue weighted by atomic mass is 35.5. The van der Waals surface area contributed by atoms with Gasteiger partial charge in [0.15, 0.2) is 11.5 Å². The fraction of sp³-hybridized carbons (Fsp3) is 0.263. The molecule has 2 heterocycles. The minimum Gasteiger partial charge on any atom is -0.496 e. The first-order valence-electron chi connectivity index (χ1n) is 8.70. The quantitative estimate of drug-likeness (QED) is 0.561. The molecule has 4 rings (SSSR count). The number of benzene rings is 1. The van der Waals surface area contributed by atoms with Gasteiger partial charge in [-0.25, -0.2) is 9.97 Å². The van der Waals surface area contributed by atoms with Crippen LogP contribution in [0.15, 0.2) is 36.7 Å². The van der Waals surface area contributed by atoms with Crippen molar-refractivity contribution in [3.05, 3.63) is 47.9 Å². The van der Waals surface area contributed by atoms with Gasteiger partial charge >= 0.3 is 0 Å². The van der Waals surface area contributed by atoms with Crippen LogP contribution in [0.3, 0.4) is 0 Å². The summed E-state index contributed by atoms with van der Waals surface area (Å²) in [4.78, 5) is 8.11. The normalized spacial score (nSPS) is 12.7. The lowest BCUT2D eigenvalue weighted by Crippen LogP contribution is -2.15. The number of H-pyrrole nitrogens is 1. The Morgan fingerprint density at radius 3 is 2.75 bits per heavy atom. The molecule has 28 heavy (non-hydrogen) atoms. The summed E-state index contributed by atoms with van der Waals surface area (Å²) in [5.41, 5.74) is 3.22. The Morgan fingerprint density at radius 1 is 1.21 bits per heavy atom. The van der Waals surface area contributed by atoms with Gasteiger partial charge in [0, 0.05) is 24.2 Å². The lowest BCUT2D eigenvalue weighted by Gasteiger charge is -2.10. The molecule has 0 atom stereocenters. The second-order valence-corrected chi connectivity index (χ2v) is 6.38. The zero-order valence-corrected chi connectivity index (χ0v) is 16.1. The largest absolute Gasteiger partial charge is 0.496 e. The number of hydrogen-bond acceptors (Lipinski definition) is 7. The summed E-state index contributed by atoms with van der Waals surface area (Å²) in [6.07, 6.45) is 5.44. The number of halogens is 1. The second-order valence-electron chi connectivity index (χ2n) is 6.38. The van der Waals surface area contributed by atoms with Gasteiger partial charge in [0.2, 0.25) is 0 Å². The van der Waals surface area contributed by atoms with E-state index in [9.17, 15) is 0 Å². The average molecular weight is 398 g/mol. The summed E-state index contributed by atoms with van der Waals surface area (Å²) in [7, 11) is 1.67. The van der Waals surface area contributed by atoms with Crippen molar-refractivity contribution in [1.82, 2.24) is 25.5 Å². The Bertz CT molecular complexity index is 977. The number of nitrogens with one attached hydrogen (secondary N) is 3. The van der Waals surface area contributed by atoms with Crippen molar-refractivity contribution in [2.45, 2.75) is 25.4 Å². The maximum atomic E-state index is 8.77. The van der Waals surface area contributed by atoms with Crippen molar-refractivity contribution in [3.63, 3.8) is 0 Å². The molecule has 3 N–H and O–H groups in total. The van der Waals surface area contributed by atoms with Gasteiger partial charge in [-0.05, 0) is 30.5 Å². The SMILES string of the molecule is COc1cc(CNC2CC2)ccc1-c1cc(Nc2cnc(C#N)cn2)n[nH]1.Cl. The van der Waals surface area contributed by atoms with Crippen LogP contribution in [0, 0.1) is 11.3 Å². The van der Waals surface area contributed by atoms with E-state index in [1.807, 2.05) is 24.3 Å². The Morgan fingerprint density at radius 2 is 2.07 bits per heavy atom. The van der Waals surface area contributed by atoms with Crippen LogP contribution in [0.1, 0.15) is 24.1 Å². The van der Waals surface area contributed by atoms with E-state index in [2.05, 4.69) is 36.9 Å². The number of anilines is 2. The first kappa shape index (κ1) is 19.6. The number of nitrogens with zero attached hydrogens (tertiary/aromatic N) is 4. The highest BCUT2D eigenvalue weighted by molar-refractivity contribution is 5.85. The van der Waals surface area contributed by atoms with Crippen molar-refractivity contribution >= 4 is 24.0 Å². The maximum absolute atomic E-state index is 8.77. The molecule has 8 nitrogen and oxygen atoms in total. The molecule has 0 unspecified atom stereocenters. The molecule has 1 aliphatic carbocycles. The number of hydrogen-bond donors (Lipinski definition) is 3. The van der Waals surface area contributed by atoms with Crippen molar-refractivity contribution in [2.75, 3.05) is 12.4 Å². The van der Waals surface area contributed by atoms with Gasteiger partial charge in [0.1, 0.15) is 17.6 Å². The van der Waals surface area contributed by atoms with E-state index < -0.39 is 0 Å². The summed E-state index contributed by atoms with van der Waals surface area (Å²) in [5.74, 6) is 1.91. The summed E-state index contributed by atoms with van der Waals surface area (Å²) < 4.78 is 5.57. The first-order valence-corrected chi connectivity index (χ1v) is 8.70. The third-order valence-electron chi connectivity index (χ3n) is 4.33. The zero-order valence-electron chi connectivity index (χ0n) is 15.3. The lowest BCUT2D eigenvalue weighted by molar-refractivity contribution is 0.415. The van der Waals surface area contributed by atoms with Crippen LogP contribution in [0.5, 0.6) is 5.75 Å². The van der Waals surface area contributed by atoms with Gasteiger partial charge in [0.05, 0.1) is 25.2 Å². The molecule has 1 aliphatic rings. The van der Waals surface area contributed by atoms with E-state index in [1.54, 1.807) is 7.11 Å². The second kappa shape index (κ2) is 8.69. The lowest BCUT2D eigenvalue weighted by atomic mass is 10.1. The summed E-state index contributed by atoms with van der Waals surface area (Å²) in [6, 6.07) is 10.6. The van der Waals surface area contributed by atoms with Crippen molar-refractivity contribution in [3.8, 4) is 23.1 Å². The minimum atomic E-state index is 0. The molecule has 0 aliphatic heterocycles. The smallest absolute Gasteiger partial charge is 0.158 e. The standard InChI is InChI=1S/C19H19N7O.ClH/c1-27-17-6-12(9-21-13-3-4-13)2-5-15(17)16-7-18(26-25-16)24-19-11-22-14(8-20)10-23-19;/h2,5-7,10-11,13,21H,3-4,9H2,1H3,(H2,23,24,25,26);1H. The molecule has 2 aromatic heterocycles. The number of aromatic amines is 1. The van der Waals surface area contributed by atoms with Gasteiger partial charge in [-0.1, -0.05) is 6.07 Å². The maximum Gasteiger partial charge on any atom is 0.158 e. The number of nitriles is 1. The van der Waals surface area contributed by atoms with Crippen LogP contribution in [-0.2, 0) is 6.54 Å². The third-order valence-corrected chi connectivity index (χ3v) is 4.33. The predicted molar refractivity (Wildman–Crippen MR) is 108 cm³/mol. The van der Waals surface area contributed by atoms with E-state index in [1.165, 1.54) is 30.8 Å². The fourth-order valence-corrected chi connectivity index (χ4v) is 2.72. The topological polar surface area (TPSA) is 112 Å². The molecule has 0 amide bonds. The van der Waals surface area contributed by atoms with E-state index in [0.29, 0.717) is 17.7 Å². The predicted octanol–water partition coefficient (Wildman–Crippen LogP) is 3.16. The number of aromatic nitrogens is 4. The van der Waals surface area contributed by atoms with Crippen molar-refractivity contribution < 1.29 is 4.74 Å². The van der Waals surface area contributed by atoms with Crippen molar-refractivity contribution in [2.24, 2.45) is 0 Å². The Labute approximate surface area is 168 Å². The Hall–Kier alpha value is -3.15. The molecule has 0 spiro atoms. The molecule has 0 radical (unpaired) electrons. The molecule has 1 saturated carbocycles. The zero-order chi connectivity index (χ0) is 18.6. The highest BCUT2D eigenvalue weighted by Gasteiger charge is 2.20. The van der Waals surface area contributed by atoms with E-state index >= 15 is 0 Å². The van der Waals surface area contributed by atoms with Crippen LogP contribution in [-0.4, -0.2) is 33.3 Å². The van der Waals surface area contributed by atoms with Crippen LogP contribution < -0.4 is 15.4 Å². The summed E-state index contributed by atoms with van der Waals surface area (Å²) in [6.45, 7) is 0.842. The first-order chi connectivity index (χ1) is 13.2. The Kier molecular flexibility index (Phi) is 6.09. The van der Waals surface area contributed by atoms with Gasteiger partial charge in [0.25, 0.3) is 0 Å².